The van der Waals surface area contributed by atoms with Crippen LogP contribution >= 0.6 is 0 Å². The van der Waals surface area contributed by atoms with E-state index in [1.165, 1.54) is 6.07 Å². The molecule has 24 heavy (non-hydrogen) atoms. The number of nitrogens with one attached hydrogen (secondary N) is 2. The van der Waals surface area contributed by atoms with Crippen LogP contribution in [0.25, 0.3) is 0 Å². The molecule has 0 aliphatic carbocycles. The molecule has 1 aliphatic rings. The van der Waals surface area contributed by atoms with Crippen LogP contribution in [0.15, 0.2) is 18.2 Å². The Bertz CT molecular complexity index is 569. The van der Waals surface area contributed by atoms with Crippen molar-refractivity contribution < 1.29 is 18.7 Å². The van der Waals surface area contributed by atoms with Gasteiger partial charge in [0.1, 0.15) is 0 Å². The lowest BCUT2D eigenvalue weighted by Gasteiger charge is -2.32. The average molecular weight is 341 g/mol. The monoisotopic (exact) mass is 341 g/mol. The maximum absolute atomic E-state index is 13.6. The van der Waals surface area contributed by atoms with Gasteiger partial charge in [0, 0.05) is 25.7 Å². The Morgan fingerprint density at radius 2 is 2.12 bits per heavy atom. The van der Waals surface area contributed by atoms with Crippen molar-refractivity contribution in [2.75, 3.05) is 19.7 Å². The highest BCUT2D eigenvalue weighted by molar-refractivity contribution is 5.74. The molecule has 0 radical (unpaired) electrons. The summed E-state index contributed by atoms with van der Waals surface area (Å²) in [5.41, 5.74) is 0.653. The van der Waals surface area contributed by atoms with Gasteiger partial charge in [-0.3, -0.25) is 4.90 Å². The number of rotatable bonds is 6. The zero-order valence-electron chi connectivity index (χ0n) is 14.1. The summed E-state index contributed by atoms with van der Waals surface area (Å²) in [7, 11) is 0. The maximum atomic E-state index is 13.6. The zero-order valence-corrected chi connectivity index (χ0v) is 14.1. The summed E-state index contributed by atoms with van der Waals surface area (Å²) < 4.78 is 26.9. The van der Waals surface area contributed by atoms with Gasteiger partial charge >= 0.3 is 6.03 Å². The van der Waals surface area contributed by atoms with E-state index in [0.29, 0.717) is 18.5 Å². The minimum Gasteiger partial charge on any atom is -0.396 e. The minimum atomic E-state index is -0.880. The fraction of sp³-hybridized carbons (Fsp3) is 0.588. The number of likely N-dealkylation sites (tertiary alicyclic amines) is 1. The molecule has 7 heteroatoms. The number of carbonyl (C=O) groups excluding carboxylic acids is 1. The molecule has 1 aliphatic heterocycles. The number of carbonyl (C=O) groups is 1. The molecule has 5 nitrogen and oxygen atoms in total. The Labute approximate surface area is 141 Å². The molecule has 0 saturated carbocycles. The van der Waals surface area contributed by atoms with Gasteiger partial charge < -0.3 is 15.7 Å². The number of hydrogen-bond donors (Lipinski definition) is 3. The molecular weight excluding hydrogens is 316 g/mol. The van der Waals surface area contributed by atoms with Crippen LogP contribution < -0.4 is 10.6 Å². The van der Waals surface area contributed by atoms with E-state index in [1.807, 2.05) is 13.8 Å². The van der Waals surface area contributed by atoms with Gasteiger partial charge in [-0.25, -0.2) is 13.6 Å². The molecular formula is C17H25F2N3O2. The predicted octanol–water partition coefficient (Wildman–Crippen LogP) is 2.17. The van der Waals surface area contributed by atoms with Crippen molar-refractivity contribution in [3.05, 3.63) is 35.4 Å². The summed E-state index contributed by atoms with van der Waals surface area (Å²) in [6.45, 7) is 5.25. The summed E-state index contributed by atoms with van der Waals surface area (Å²) in [4.78, 5) is 14.2. The van der Waals surface area contributed by atoms with Gasteiger partial charge in [0.05, 0.1) is 12.1 Å². The first-order chi connectivity index (χ1) is 11.4. The van der Waals surface area contributed by atoms with Crippen LogP contribution in [-0.2, 0) is 0 Å². The number of benzene rings is 1. The van der Waals surface area contributed by atoms with Gasteiger partial charge in [-0.15, -0.1) is 0 Å². The van der Waals surface area contributed by atoms with Crippen LogP contribution in [0.5, 0.6) is 0 Å². The third-order valence-corrected chi connectivity index (χ3v) is 4.32. The third-order valence-electron chi connectivity index (χ3n) is 4.32. The van der Waals surface area contributed by atoms with Gasteiger partial charge in [0.25, 0.3) is 0 Å². The van der Waals surface area contributed by atoms with Crippen LogP contribution in [0.3, 0.4) is 0 Å². The molecule has 2 amide bonds. The quantitative estimate of drug-likeness (QED) is 0.695. The normalized spacial score (nSPS) is 21.2. The van der Waals surface area contributed by atoms with E-state index in [2.05, 4.69) is 15.5 Å². The molecule has 1 saturated heterocycles. The Balaban J connectivity index is 2.14. The molecule has 2 atom stereocenters. The molecule has 0 bridgehead atoms. The lowest BCUT2D eigenvalue weighted by molar-refractivity contribution is 0.187. The van der Waals surface area contributed by atoms with Crippen molar-refractivity contribution in [2.45, 2.75) is 44.8 Å². The number of aliphatic hydroxyl groups excluding tert-OH is 1. The van der Waals surface area contributed by atoms with E-state index in [4.69, 9.17) is 5.11 Å². The third kappa shape index (κ3) is 4.42. The van der Waals surface area contributed by atoms with E-state index in [9.17, 15) is 13.6 Å². The average Bonchev–Trinajstić information content (AvgIpc) is 2.94. The van der Waals surface area contributed by atoms with Crippen molar-refractivity contribution >= 4 is 6.03 Å². The summed E-state index contributed by atoms with van der Waals surface area (Å²) in [5, 5.41) is 14.4. The van der Waals surface area contributed by atoms with Crippen LogP contribution in [0.1, 0.15) is 38.3 Å². The molecule has 3 N–H and O–H groups in total. The second kappa shape index (κ2) is 8.39. The maximum Gasteiger partial charge on any atom is 0.315 e. The smallest absolute Gasteiger partial charge is 0.315 e. The topological polar surface area (TPSA) is 64.6 Å². The molecule has 1 heterocycles. The first-order valence-electron chi connectivity index (χ1n) is 8.30. The van der Waals surface area contributed by atoms with E-state index in [0.717, 1.165) is 19.0 Å². The standard InChI is InChI=1S/C17H25F2N3O2/c1-11(2)22-8-6-15(21-17(24)20-7-3-9-23)16(22)12-4-5-13(18)14(19)10-12/h4-5,10-11,15-16,23H,3,6-9H2,1-2H3,(H2,20,21,24)/t15-,16+/m0/s1. The summed E-state index contributed by atoms with van der Waals surface area (Å²) in [6.07, 6.45) is 1.22. The number of urea groups is 1. The molecule has 1 fully saturated rings. The number of nitrogens with zero attached hydrogens (tertiary/aromatic N) is 1. The lowest BCUT2D eigenvalue weighted by Crippen LogP contribution is -2.45. The highest BCUT2D eigenvalue weighted by Gasteiger charge is 2.37. The van der Waals surface area contributed by atoms with Crippen molar-refractivity contribution in [1.29, 1.82) is 0 Å². The lowest BCUT2D eigenvalue weighted by atomic mass is 9.99. The van der Waals surface area contributed by atoms with Gasteiger partial charge in [0.15, 0.2) is 11.6 Å². The summed E-state index contributed by atoms with van der Waals surface area (Å²) in [5.74, 6) is -1.76. The summed E-state index contributed by atoms with van der Waals surface area (Å²) in [6, 6.07) is 3.41. The van der Waals surface area contributed by atoms with Gasteiger partial charge in [-0.1, -0.05) is 6.07 Å². The van der Waals surface area contributed by atoms with Gasteiger partial charge in [-0.2, -0.15) is 0 Å². The molecule has 0 spiro atoms. The largest absolute Gasteiger partial charge is 0.396 e. The fourth-order valence-corrected chi connectivity index (χ4v) is 3.17. The van der Waals surface area contributed by atoms with Crippen molar-refractivity contribution in [3.63, 3.8) is 0 Å². The Morgan fingerprint density at radius 1 is 1.38 bits per heavy atom. The first kappa shape index (κ1) is 18.6. The van der Waals surface area contributed by atoms with Crippen LogP contribution in [-0.4, -0.2) is 47.8 Å². The Kier molecular flexibility index (Phi) is 6.51. The van der Waals surface area contributed by atoms with E-state index in [1.54, 1.807) is 6.07 Å². The van der Waals surface area contributed by atoms with Crippen molar-refractivity contribution in [2.24, 2.45) is 0 Å². The molecule has 1 aromatic rings. The number of aliphatic hydroxyl groups is 1. The van der Waals surface area contributed by atoms with Crippen LogP contribution in [0, 0.1) is 11.6 Å². The molecule has 134 valence electrons. The fourth-order valence-electron chi connectivity index (χ4n) is 3.17. The Morgan fingerprint density at radius 3 is 2.75 bits per heavy atom. The SMILES string of the molecule is CC(C)N1CC[C@H](NC(=O)NCCCO)[C@H]1c1ccc(F)c(F)c1. The second-order valence-corrected chi connectivity index (χ2v) is 6.32. The number of hydrogen-bond acceptors (Lipinski definition) is 3. The van der Waals surface area contributed by atoms with Crippen LogP contribution in [0.4, 0.5) is 13.6 Å². The zero-order chi connectivity index (χ0) is 17.7. The van der Waals surface area contributed by atoms with E-state index >= 15 is 0 Å². The number of halogens is 2. The van der Waals surface area contributed by atoms with Crippen molar-refractivity contribution in [3.8, 4) is 0 Å². The first-order valence-corrected chi connectivity index (χ1v) is 8.30. The Hall–Kier alpha value is -1.73. The predicted molar refractivity (Wildman–Crippen MR) is 87.6 cm³/mol. The van der Waals surface area contributed by atoms with Crippen molar-refractivity contribution in [1.82, 2.24) is 15.5 Å². The minimum absolute atomic E-state index is 0.0162. The highest BCUT2D eigenvalue weighted by Crippen LogP contribution is 2.34. The van der Waals surface area contributed by atoms with Crippen LogP contribution in [0.2, 0.25) is 0 Å². The molecule has 0 aromatic heterocycles. The second-order valence-electron chi connectivity index (χ2n) is 6.32. The van der Waals surface area contributed by atoms with E-state index < -0.39 is 11.6 Å². The molecule has 1 aromatic carbocycles. The van der Waals surface area contributed by atoms with Gasteiger partial charge in [0.2, 0.25) is 0 Å². The number of amides is 2. The van der Waals surface area contributed by atoms with E-state index in [-0.39, 0.29) is 30.8 Å². The summed E-state index contributed by atoms with van der Waals surface area (Å²) >= 11 is 0. The highest BCUT2D eigenvalue weighted by atomic mass is 19.2. The van der Waals surface area contributed by atoms with Gasteiger partial charge in [-0.05, 0) is 44.4 Å². The molecule has 2 rings (SSSR count). The molecule has 0 unspecified atom stereocenters.